The van der Waals surface area contributed by atoms with E-state index in [-0.39, 0.29) is 35.9 Å². The molecule has 2 N–H and O–H groups in total. The Kier molecular flexibility index (Phi) is 13.4. The Morgan fingerprint density at radius 3 is 2.38 bits per heavy atom. The normalized spacial score (nSPS) is 12.7. The van der Waals surface area contributed by atoms with Crippen LogP contribution in [0.15, 0.2) is 29.3 Å². The Morgan fingerprint density at radius 1 is 1.15 bits per heavy atom. The van der Waals surface area contributed by atoms with Crippen LogP contribution >= 0.6 is 24.0 Å². The van der Waals surface area contributed by atoms with Gasteiger partial charge in [0.25, 0.3) is 0 Å². The van der Waals surface area contributed by atoms with E-state index in [1.165, 1.54) is 12.1 Å². The van der Waals surface area contributed by atoms with Gasteiger partial charge in [-0.1, -0.05) is 0 Å². The zero-order valence-corrected chi connectivity index (χ0v) is 18.9. The molecule has 0 saturated heterocycles. The van der Waals surface area contributed by atoms with Crippen molar-refractivity contribution in [3.63, 3.8) is 0 Å². The van der Waals surface area contributed by atoms with Crippen molar-refractivity contribution in [2.24, 2.45) is 4.99 Å². The SMILES string of the molecule is CN=C(NCCCCN(C)C(C)C)NCC(C)Oc1ccc(F)cc1.I. The highest BCUT2D eigenvalue weighted by atomic mass is 127. The van der Waals surface area contributed by atoms with Crippen molar-refractivity contribution in [3.05, 3.63) is 30.1 Å². The highest BCUT2D eigenvalue weighted by Gasteiger charge is 2.06. The molecule has 0 aliphatic heterocycles. The summed E-state index contributed by atoms with van der Waals surface area (Å²) in [6.07, 6.45) is 2.20. The molecule has 0 aromatic heterocycles. The fourth-order valence-corrected chi connectivity index (χ4v) is 2.20. The molecule has 5 nitrogen and oxygen atoms in total. The van der Waals surface area contributed by atoms with E-state index in [1.807, 2.05) is 6.92 Å². The number of unbranched alkanes of at least 4 members (excludes halogenated alkanes) is 1. The maximum Gasteiger partial charge on any atom is 0.191 e. The summed E-state index contributed by atoms with van der Waals surface area (Å²) < 4.78 is 18.6. The summed E-state index contributed by atoms with van der Waals surface area (Å²) in [5, 5.41) is 6.56. The van der Waals surface area contributed by atoms with Crippen LogP contribution in [0.3, 0.4) is 0 Å². The number of hydrogen-bond donors (Lipinski definition) is 2. The third-order valence-electron chi connectivity index (χ3n) is 4.04. The molecule has 0 saturated carbocycles. The van der Waals surface area contributed by atoms with Gasteiger partial charge in [-0.05, 0) is 71.5 Å². The number of halogens is 2. The van der Waals surface area contributed by atoms with E-state index in [1.54, 1.807) is 19.2 Å². The number of hydrogen-bond acceptors (Lipinski definition) is 3. The topological polar surface area (TPSA) is 48.9 Å². The predicted molar refractivity (Wildman–Crippen MR) is 118 cm³/mol. The molecule has 1 aromatic rings. The fraction of sp³-hybridized carbons (Fsp3) is 0.632. The highest BCUT2D eigenvalue weighted by molar-refractivity contribution is 14.0. The van der Waals surface area contributed by atoms with Crippen LogP contribution in [0.25, 0.3) is 0 Å². The van der Waals surface area contributed by atoms with E-state index >= 15 is 0 Å². The zero-order valence-electron chi connectivity index (χ0n) is 16.6. The smallest absolute Gasteiger partial charge is 0.191 e. The molecular weight excluding hydrogens is 446 g/mol. The summed E-state index contributed by atoms with van der Waals surface area (Å²) >= 11 is 0. The number of benzene rings is 1. The molecule has 7 heteroatoms. The summed E-state index contributed by atoms with van der Waals surface area (Å²) in [6.45, 7) is 8.99. The van der Waals surface area contributed by atoms with Crippen molar-refractivity contribution in [1.29, 1.82) is 0 Å². The monoisotopic (exact) mass is 480 g/mol. The Hall–Kier alpha value is -1.09. The number of rotatable bonds is 10. The minimum atomic E-state index is -0.262. The lowest BCUT2D eigenvalue weighted by molar-refractivity contribution is 0.223. The molecule has 150 valence electrons. The quantitative estimate of drug-likeness (QED) is 0.233. The molecule has 0 amide bonds. The Morgan fingerprint density at radius 2 is 1.81 bits per heavy atom. The van der Waals surface area contributed by atoms with Crippen LogP contribution in [0.4, 0.5) is 4.39 Å². The average molecular weight is 480 g/mol. The van der Waals surface area contributed by atoms with Crippen LogP contribution in [0.1, 0.15) is 33.6 Å². The second-order valence-electron chi connectivity index (χ2n) is 6.54. The van der Waals surface area contributed by atoms with Crippen molar-refractivity contribution in [2.75, 3.05) is 33.7 Å². The van der Waals surface area contributed by atoms with Gasteiger partial charge in [-0.25, -0.2) is 4.39 Å². The van der Waals surface area contributed by atoms with Gasteiger partial charge < -0.3 is 20.3 Å². The van der Waals surface area contributed by atoms with Crippen molar-refractivity contribution in [1.82, 2.24) is 15.5 Å². The van der Waals surface area contributed by atoms with E-state index in [0.29, 0.717) is 18.3 Å². The first-order valence-electron chi connectivity index (χ1n) is 8.99. The van der Waals surface area contributed by atoms with Gasteiger partial charge in [-0.3, -0.25) is 4.99 Å². The van der Waals surface area contributed by atoms with Crippen LogP contribution in [0.2, 0.25) is 0 Å². The molecule has 0 radical (unpaired) electrons. The second-order valence-corrected chi connectivity index (χ2v) is 6.54. The maximum atomic E-state index is 12.9. The summed E-state index contributed by atoms with van der Waals surface area (Å²) in [5.41, 5.74) is 0. The van der Waals surface area contributed by atoms with Crippen molar-refractivity contribution in [2.45, 2.75) is 45.8 Å². The van der Waals surface area contributed by atoms with Gasteiger partial charge >= 0.3 is 0 Å². The third kappa shape index (κ3) is 10.8. The van der Waals surface area contributed by atoms with Crippen molar-refractivity contribution in [3.8, 4) is 5.75 Å². The number of nitrogens with one attached hydrogen (secondary N) is 2. The van der Waals surface area contributed by atoms with Gasteiger partial charge in [-0.2, -0.15) is 0 Å². The van der Waals surface area contributed by atoms with Crippen LogP contribution in [-0.2, 0) is 0 Å². The summed E-state index contributed by atoms with van der Waals surface area (Å²) in [7, 11) is 3.91. The van der Waals surface area contributed by atoms with E-state index in [9.17, 15) is 4.39 Å². The molecule has 0 aliphatic rings. The lowest BCUT2D eigenvalue weighted by atomic mass is 10.2. The number of nitrogens with zero attached hydrogens (tertiary/aromatic N) is 2. The van der Waals surface area contributed by atoms with Crippen molar-refractivity contribution >= 4 is 29.9 Å². The minimum absolute atomic E-state index is 0. The lowest BCUT2D eigenvalue weighted by Crippen LogP contribution is -2.42. The molecule has 1 aromatic carbocycles. The van der Waals surface area contributed by atoms with E-state index in [4.69, 9.17) is 4.74 Å². The lowest BCUT2D eigenvalue weighted by Gasteiger charge is -2.21. The largest absolute Gasteiger partial charge is 0.489 e. The van der Waals surface area contributed by atoms with Gasteiger partial charge in [0.05, 0.1) is 6.54 Å². The number of aliphatic imine (C=N–C) groups is 1. The number of guanidine groups is 1. The van der Waals surface area contributed by atoms with E-state index < -0.39 is 0 Å². The predicted octanol–water partition coefficient (Wildman–Crippen LogP) is 3.50. The molecule has 1 rings (SSSR count). The standard InChI is InChI=1S/C19H33FN4O.HI/c1-15(2)24(5)13-7-6-12-22-19(21-4)23-14-16(3)25-18-10-8-17(20)9-11-18;/h8-11,15-16H,6-7,12-14H2,1-5H3,(H2,21,22,23);1H. The van der Waals surface area contributed by atoms with Crippen LogP contribution < -0.4 is 15.4 Å². The number of ether oxygens (including phenoxy) is 1. The molecular formula is C19H34FIN4O. The van der Waals surface area contributed by atoms with Gasteiger partial charge in [0.15, 0.2) is 5.96 Å². The average Bonchev–Trinajstić information content (AvgIpc) is 2.59. The molecule has 0 spiro atoms. The first-order chi connectivity index (χ1) is 11.9. The van der Waals surface area contributed by atoms with Gasteiger partial charge in [0.2, 0.25) is 0 Å². The Balaban J connectivity index is 0.00000625. The summed E-state index contributed by atoms with van der Waals surface area (Å²) in [4.78, 5) is 6.57. The van der Waals surface area contributed by atoms with E-state index in [2.05, 4.69) is 41.4 Å². The summed E-state index contributed by atoms with van der Waals surface area (Å²) in [6, 6.07) is 6.64. The van der Waals surface area contributed by atoms with Gasteiger partial charge in [-0.15, -0.1) is 24.0 Å². The molecule has 0 fully saturated rings. The molecule has 0 bridgehead atoms. The van der Waals surface area contributed by atoms with Gasteiger partial charge in [0.1, 0.15) is 17.7 Å². The summed E-state index contributed by atoms with van der Waals surface area (Å²) in [5.74, 6) is 1.17. The zero-order chi connectivity index (χ0) is 18.7. The van der Waals surface area contributed by atoms with Crippen molar-refractivity contribution < 1.29 is 9.13 Å². The molecule has 1 atom stereocenters. The Bertz CT molecular complexity index is 511. The molecule has 0 aliphatic carbocycles. The second kappa shape index (κ2) is 14.0. The highest BCUT2D eigenvalue weighted by Crippen LogP contribution is 2.12. The van der Waals surface area contributed by atoms with Crippen LogP contribution in [0.5, 0.6) is 5.75 Å². The molecule has 1 unspecified atom stereocenters. The molecule has 26 heavy (non-hydrogen) atoms. The fourth-order valence-electron chi connectivity index (χ4n) is 2.20. The van der Waals surface area contributed by atoms with Gasteiger partial charge in [0, 0.05) is 19.6 Å². The van der Waals surface area contributed by atoms with Crippen LogP contribution in [-0.4, -0.2) is 56.7 Å². The molecule has 0 heterocycles. The first-order valence-corrected chi connectivity index (χ1v) is 8.99. The first kappa shape index (κ1) is 24.9. The third-order valence-corrected chi connectivity index (χ3v) is 4.04. The maximum absolute atomic E-state index is 12.9. The van der Waals surface area contributed by atoms with E-state index in [0.717, 1.165) is 31.9 Å². The van der Waals surface area contributed by atoms with Crippen LogP contribution in [0, 0.1) is 5.82 Å². The minimum Gasteiger partial charge on any atom is -0.489 e. The Labute approximate surface area is 174 Å².